The summed E-state index contributed by atoms with van der Waals surface area (Å²) in [6, 6.07) is 4.77. The van der Waals surface area contributed by atoms with Crippen LogP contribution >= 0.6 is 11.6 Å². The van der Waals surface area contributed by atoms with Gasteiger partial charge in [-0.15, -0.1) is 0 Å². The van der Waals surface area contributed by atoms with Gasteiger partial charge in [-0.05, 0) is 24.0 Å². The summed E-state index contributed by atoms with van der Waals surface area (Å²) in [5, 5.41) is 3.09. The number of aldehydes is 1. The Bertz CT molecular complexity index is 554. The minimum absolute atomic E-state index is 0.0243. The third-order valence-electron chi connectivity index (χ3n) is 4.10. The lowest BCUT2D eigenvalue weighted by Gasteiger charge is -2.20. The zero-order valence-electron chi connectivity index (χ0n) is 10.7. The highest BCUT2D eigenvalue weighted by atomic mass is 35.5. The van der Waals surface area contributed by atoms with E-state index in [0.717, 1.165) is 6.29 Å². The van der Waals surface area contributed by atoms with E-state index in [1.165, 1.54) is 12.1 Å². The molecule has 3 rings (SSSR count). The summed E-state index contributed by atoms with van der Waals surface area (Å²) >= 11 is 5.69. The Morgan fingerprint density at radius 3 is 2.80 bits per heavy atom. The zero-order chi connectivity index (χ0) is 14.3. The van der Waals surface area contributed by atoms with E-state index in [2.05, 4.69) is 5.32 Å². The van der Waals surface area contributed by atoms with Gasteiger partial charge in [-0.25, -0.2) is 4.39 Å². The molecule has 0 spiro atoms. The van der Waals surface area contributed by atoms with E-state index in [1.54, 1.807) is 11.0 Å². The molecule has 2 atom stereocenters. The van der Waals surface area contributed by atoms with E-state index in [1.807, 2.05) is 0 Å². The Morgan fingerprint density at radius 2 is 2.15 bits per heavy atom. The lowest BCUT2D eigenvalue weighted by molar-refractivity contribution is -0.107. The number of amides is 1. The van der Waals surface area contributed by atoms with Gasteiger partial charge in [0.05, 0.1) is 17.1 Å². The number of nitrogens with zero attached hydrogens (tertiary/aromatic N) is 1. The summed E-state index contributed by atoms with van der Waals surface area (Å²) in [5.74, 6) is -0.219. The van der Waals surface area contributed by atoms with Crippen molar-refractivity contribution in [3.8, 4) is 0 Å². The van der Waals surface area contributed by atoms with E-state index >= 15 is 0 Å². The molecule has 6 heteroatoms. The van der Waals surface area contributed by atoms with E-state index in [9.17, 15) is 14.0 Å². The van der Waals surface area contributed by atoms with Crippen molar-refractivity contribution in [3.63, 3.8) is 0 Å². The van der Waals surface area contributed by atoms with Crippen LogP contribution in [0.3, 0.4) is 0 Å². The van der Waals surface area contributed by atoms with Gasteiger partial charge in [0, 0.05) is 19.1 Å². The topological polar surface area (TPSA) is 49.4 Å². The van der Waals surface area contributed by atoms with Gasteiger partial charge >= 0.3 is 0 Å². The maximum atomic E-state index is 13.8. The van der Waals surface area contributed by atoms with Gasteiger partial charge in [-0.3, -0.25) is 4.79 Å². The lowest BCUT2D eigenvalue weighted by atomic mass is 10.2. The Hall–Kier alpha value is -1.46. The van der Waals surface area contributed by atoms with Crippen molar-refractivity contribution in [2.24, 2.45) is 11.8 Å². The molecule has 2 unspecified atom stereocenters. The van der Waals surface area contributed by atoms with Crippen molar-refractivity contribution < 1.29 is 14.0 Å². The van der Waals surface area contributed by atoms with Crippen LogP contribution in [-0.4, -0.2) is 42.8 Å². The number of rotatable bonds is 4. The summed E-state index contributed by atoms with van der Waals surface area (Å²) in [6.07, 6.45) is 0.832. The second-order valence-corrected chi connectivity index (χ2v) is 5.65. The fraction of sp³-hybridized carbons (Fsp3) is 0.429. The van der Waals surface area contributed by atoms with Crippen molar-refractivity contribution in [1.82, 2.24) is 10.2 Å². The molecule has 106 valence electrons. The molecule has 1 aromatic rings. The number of benzene rings is 1. The van der Waals surface area contributed by atoms with Gasteiger partial charge in [-0.1, -0.05) is 17.7 Å². The van der Waals surface area contributed by atoms with Crippen LogP contribution in [0.5, 0.6) is 0 Å². The van der Waals surface area contributed by atoms with Crippen LogP contribution in [-0.2, 0) is 4.79 Å². The summed E-state index contributed by atoms with van der Waals surface area (Å²) in [6.45, 7) is 1.55. The minimum Gasteiger partial charge on any atom is -0.338 e. The van der Waals surface area contributed by atoms with Crippen LogP contribution in [0.2, 0.25) is 5.02 Å². The first kappa shape index (κ1) is 13.5. The molecule has 1 saturated heterocycles. The Kier molecular flexibility index (Phi) is 3.48. The Balaban J connectivity index is 1.64. The van der Waals surface area contributed by atoms with Gasteiger partial charge in [0.25, 0.3) is 5.91 Å². The predicted octanol–water partition coefficient (Wildman–Crippen LogP) is 1.34. The summed E-state index contributed by atoms with van der Waals surface area (Å²) in [5.41, 5.74) is 0.0243. The van der Waals surface area contributed by atoms with Crippen molar-refractivity contribution in [2.75, 3.05) is 19.6 Å². The summed E-state index contributed by atoms with van der Waals surface area (Å²) in [4.78, 5) is 24.2. The molecule has 1 aliphatic carbocycles. The van der Waals surface area contributed by atoms with Crippen molar-refractivity contribution in [1.29, 1.82) is 0 Å². The highest BCUT2D eigenvalue weighted by molar-refractivity contribution is 6.31. The maximum Gasteiger partial charge on any atom is 0.256 e. The molecule has 0 radical (unpaired) electrons. The first-order valence-corrected chi connectivity index (χ1v) is 6.91. The van der Waals surface area contributed by atoms with Crippen LogP contribution in [0.25, 0.3) is 0 Å². The molecule has 4 nitrogen and oxygen atoms in total. The molecule has 2 fully saturated rings. The quantitative estimate of drug-likeness (QED) is 0.853. The summed E-state index contributed by atoms with van der Waals surface area (Å²) in [7, 11) is 0. The first-order chi connectivity index (χ1) is 9.63. The molecular weight excluding hydrogens is 283 g/mol. The third kappa shape index (κ3) is 2.21. The van der Waals surface area contributed by atoms with Crippen molar-refractivity contribution in [2.45, 2.75) is 6.04 Å². The fourth-order valence-corrected chi connectivity index (χ4v) is 3.19. The standard InChI is InChI=1S/C14H14ClFN2O2/c15-11-3-1-2-8(12(11)16)14(20)18-6-9-10(7-18)13(9)17-4-5-19/h1-3,5,9-10,13,17H,4,6-7H2. The van der Waals surface area contributed by atoms with Gasteiger partial charge in [-0.2, -0.15) is 0 Å². The molecule has 1 aliphatic heterocycles. The Labute approximate surface area is 120 Å². The molecule has 1 aromatic carbocycles. The number of piperidine rings is 1. The van der Waals surface area contributed by atoms with Gasteiger partial charge in [0.1, 0.15) is 6.29 Å². The minimum atomic E-state index is -0.657. The number of hydrogen-bond acceptors (Lipinski definition) is 3. The molecule has 2 aliphatic rings. The van der Waals surface area contributed by atoms with Crippen LogP contribution in [0.1, 0.15) is 10.4 Å². The molecule has 1 amide bonds. The third-order valence-corrected chi connectivity index (χ3v) is 4.39. The smallest absolute Gasteiger partial charge is 0.256 e. The van der Waals surface area contributed by atoms with Crippen LogP contribution in [0.15, 0.2) is 18.2 Å². The highest BCUT2D eigenvalue weighted by Crippen LogP contribution is 2.45. The van der Waals surface area contributed by atoms with E-state index in [4.69, 9.17) is 11.6 Å². The SMILES string of the molecule is O=CCNC1C2CN(C(=O)c3cccc(Cl)c3F)CC21. The van der Waals surface area contributed by atoms with Gasteiger partial charge < -0.3 is 15.0 Å². The molecular formula is C14H14ClFN2O2. The molecule has 1 saturated carbocycles. The number of fused-ring (bicyclic) bond motifs is 1. The largest absolute Gasteiger partial charge is 0.338 e. The number of carbonyl (C=O) groups excluding carboxylic acids is 2. The normalized spacial score (nSPS) is 27.3. The van der Waals surface area contributed by atoms with Crippen molar-refractivity contribution in [3.05, 3.63) is 34.6 Å². The first-order valence-electron chi connectivity index (χ1n) is 6.53. The average Bonchev–Trinajstić information content (AvgIpc) is 2.89. The van der Waals surface area contributed by atoms with E-state index in [0.29, 0.717) is 37.5 Å². The summed E-state index contributed by atoms with van der Waals surface area (Å²) < 4.78 is 13.8. The van der Waals surface area contributed by atoms with Crippen LogP contribution in [0, 0.1) is 17.7 Å². The Morgan fingerprint density at radius 1 is 1.45 bits per heavy atom. The fourth-order valence-electron chi connectivity index (χ4n) is 3.02. The molecule has 0 bridgehead atoms. The van der Waals surface area contributed by atoms with Crippen LogP contribution in [0.4, 0.5) is 4.39 Å². The number of halogens is 2. The molecule has 0 aromatic heterocycles. The number of nitrogens with one attached hydrogen (secondary N) is 1. The van der Waals surface area contributed by atoms with E-state index in [-0.39, 0.29) is 16.5 Å². The second-order valence-electron chi connectivity index (χ2n) is 5.24. The predicted molar refractivity (Wildman–Crippen MR) is 72.1 cm³/mol. The second kappa shape index (κ2) is 5.14. The number of hydrogen-bond donors (Lipinski definition) is 1. The number of likely N-dealkylation sites (tertiary alicyclic amines) is 1. The van der Waals surface area contributed by atoms with Gasteiger partial charge in [0.15, 0.2) is 5.82 Å². The maximum absolute atomic E-state index is 13.8. The average molecular weight is 297 g/mol. The molecule has 20 heavy (non-hydrogen) atoms. The molecule has 1 heterocycles. The van der Waals surface area contributed by atoms with Gasteiger partial charge in [0.2, 0.25) is 0 Å². The van der Waals surface area contributed by atoms with E-state index < -0.39 is 5.82 Å². The lowest BCUT2D eigenvalue weighted by Crippen LogP contribution is -2.36. The number of carbonyl (C=O) groups is 2. The highest BCUT2D eigenvalue weighted by Gasteiger charge is 2.56. The monoisotopic (exact) mass is 296 g/mol. The molecule has 1 N–H and O–H groups in total. The van der Waals surface area contributed by atoms with Crippen molar-refractivity contribution >= 4 is 23.8 Å². The zero-order valence-corrected chi connectivity index (χ0v) is 11.4. The van der Waals surface area contributed by atoms with Crippen LogP contribution < -0.4 is 5.32 Å².